The molecule has 2 heterocycles. The van der Waals surface area contributed by atoms with E-state index in [0.29, 0.717) is 23.9 Å². The van der Waals surface area contributed by atoms with Crippen LogP contribution in [0.4, 0.5) is 4.39 Å². The molecule has 110 valence electrons. The van der Waals surface area contributed by atoms with Crippen LogP contribution in [0.15, 0.2) is 18.2 Å². The maximum absolute atomic E-state index is 13.4. The van der Waals surface area contributed by atoms with Gasteiger partial charge < -0.3 is 5.11 Å². The number of hydrogen-bond donors (Lipinski definition) is 1. The largest absolute Gasteiger partial charge is 0.478 e. The highest BCUT2D eigenvalue weighted by molar-refractivity contribution is 6.04. The van der Waals surface area contributed by atoms with Crippen LogP contribution in [0, 0.1) is 5.82 Å². The van der Waals surface area contributed by atoms with Gasteiger partial charge in [-0.2, -0.15) is 0 Å². The van der Waals surface area contributed by atoms with E-state index in [1.54, 1.807) is 0 Å². The van der Waals surface area contributed by atoms with Gasteiger partial charge in [0.25, 0.3) is 0 Å². The summed E-state index contributed by atoms with van der Waals surface area (Å²) >= 11 is 0. The van der Waals surface area contributed by atoms with Crippen LogP contribution >= 0.6 is 0 Å². The molecule has 0 saturated carbocycles. The summed E-state index contributed by atoms with van der Waals surface area (Å²) in [5.41, 5.74) is 2.27. The molecule has 3 rings (SSSR count). The summed E-state index contributed by atoms with van der Waals surface area (Å²) in [5, 5.41) is 10.1. The van der Waals surface area contributed by atoms with Crippen molar-refractivity contribution in [3.8, 4) is 0 Å². The number of aromatic carboxylic acids is 1. The van der Waals surface area contributed by atoms with E-state index in [9.17, 15) is 14.3 Å². The molecule has 1 aromatic carbocycles. The van der Waals surface area contributed by atoms with Gasteiger partial charge >= 0.3 is 5.97 Å². The zero-order chi connectivity index (χ0) is 15.0. The minimum Gasteiger partial charge on any atom is -0.478 e. The van der Waals surface area contributed by atoms with Crippen LogP contribution in [0.3, 0.4) is 0 Å². The monoisotopic (exact) mass is 288 g/mol. The van der Waals surface area contributed by atoms with E-state index < -0.39 is 11.8 Å². The number of carboxylic acids is 1. The Morgan fingerprint density at radius 3 is 3.00 bits per heavy atom. The van der Waals surface area contributed by atoms with Crippen molar-refractivity contribution in [3.63, 3.8) is 0 Å². The van der Waals surface area contributed by atoms with Crippen LogP contribution in [-0.4, -0.2) is 34.0 Å². The highest BCUT2D eigenvalue weighted by Crippen LogP contribution is 2.28. The van der Waals surface area contributed by atoms with Crippen molar-refractivity contribution in [1.82, 2.24) is 9.88 Å². The Morgan fingerprint density at radius 1 is 1.48 bits per heavy atom. The van der Waals surface area contributed by atoms with Crippen molar-refractivity contribution in [2.75, 3.05) is 13.1 Å². The fraction of sp³-hybridized carbons (Fsp3) is 0.375. The summed E-state index contributed by atoms with van der Waals surface area (Å²) in [4.78, 5) is 18.4. The second-order valence-corrected chi connectivity index (χ2v) is 5.40. The average Bonchev–Trinajstić information content (AvgIpc) is 2.44. The molecule has 1 aliphatic rings. The molecule has 2 aromatic rings. The molecule has 5 heteroatoms. The van der Waals surface area contributed by atoms with Crippen molar-refractivity contribution < 1.29 is 14.3 Å². The Kier molecular flexibility index (Phi) is 3.59. The van der Waals surface area contributed by atoms with Gasteiger partial charge in [0.1, 0.15) is 5.82 Å². The lowest BCUT2D eigenvalue weighted by Crippen LogP contribution is -2.33. The standard InChI is InChI=1S/C16H17FN2O2/c1-2-6-19-7-5-13-12(9-19)15(16(20)21)11-4-3-10(17)8-14(11)18-13/h3-4,8H,2,5-7,9H2,1H3,(H,20,21). The number of hydrogen-bond acceptors (Lipinski definition) is 3. The molecule has 0 radical (unpaired) electrons. The van der Waals surface area contributed by atoms with E-state index in [0.717, 1.165) is 30.8 Å². The molecule has 0 unspecified atom stereocenters. The smallest absolute Gasteiger partial charge is 0.336 e. The minimum atomic E-state index is -0.969. The molecule has 0 aliphatic carbocycles. The highest BCUT2D eigenvalue weighted by atomic mass is 19.1. The van der Waals surface area contributed by atoms with Crippen LogP contribution in [0.2, 0.25) is 0 Å². The normalized spacial score (nSPS) is 15.1. The Bertz CT molecular complexity index is 715. The molecule has 4 nitrogen and oxygen atoms in total. The van der Waals surface area contributed by atoms with Crippen LogP contribution in [0.25, 0.3) is 10.9 Å². The maximum Gasteiger partial charge on any atom is 0.336 e. The van der Waals surface area contributed by atoms with Crippen LogP contribution in [0.1, 0.15) is 35.0 Å². The van der Waals surface area contributed by atoms with Gasteiger partial charge in [-0.15, -0.1) is 0 Å². The average molecular weight is 288 g/mol. The maximum atomic E-state index is 13.4. The Morgan fingerprint density at radius 2 is 2.29 bits per heavy atom. The number of carbonyl (C=O) groups is 1. The van der Waals surface area contributed by atoms with Crippen molar-refractivity contribution in [2.45, 2.75) is 26.3 Å². The number of pyridine rings is 1. The fourth-order valence-corrected chi connectivity index (χ4v) is 3.02. The number of carboxylic acid groups (broad SMARTS) is 1. The molecular formula is C16H17FN2O2. The first-order chi connectivity index (χ1) is 10.1. The third kappa shape index (κ3) is 2.49. The topological polar surface area (TPSA) is 53.4 Å². The van der Waals surface area contributed by atoms with E-state index in [1.165, 1.54) is 18.2 Å². The number of nitrogens with zero attached hydrogens (tertiary/aromatic N) is 2. The van der Waals surface area contributed by atoms with Gasteiger partial charge in [0.05, 0.1) is 11.1 Å². The Labute approximate surface area is 122 Å². The first-order valence-electron chi connectivity index (χ1n) is 7.16. The lowest BCUT2D eigenvalue weighted by molar-refractivity contribution is 0.0695. The zero-order valence-corrected chi connectivity index (χ0v) is 11.9. The van der Waals surface area contributed by atoms with Gasteiger partial charge in [-0.1, -0.05) is 6.92 Å². The van der Waals surface area contributed by atoms with E-state index >= 15 is 0 Å². The molecule has 1 aliphatic heterocycles. The zero-order valence-electron chi connectivity index (χ0n) is 11.9. The van der Waals surface area contributed by atoms with Gasteiger partial charge in [-0.25, -0.2) is 9.18 Å². The van der Waals surface area contributed by atoms with Gasteiger partial charge in [0.2, 0.25) is 0 Å². The molecule has 0 bridgehead atoms. The minimum absolute atomic E-state index is 0.274. The summed E-state index contributed by atoms with van der Waals surface area (Å²) in [6.07, 6.45) is 1.74. The molecule has 0 saturated heterocycles. The summed E-state index contributed by atoms with van der Waals surface area (Å²) < 4.78 is 13.4. The molecule has 1 aromatic heterocycles. The summed E-state index contributed by atoms with van der Waals surface area (Å²) in [6.45, 7) is 4.52. The lowest BCUT2D eigenvalue weighted by atomic mass is 9.95. The number of fused-ring (bicyclic) bond motifs is 2. The van der Waals surface area contributed by atoms with E-state index in [1.807, 2.05) is 0 Å². The predicted octanol–water partition coefficient (Wildman–Crippen LogP) is 2.84. The molecule has 21 heavy (non-hydrogen) atoms. The van der Waals surface area contributed by atoms with Crippen molar-refractivity contribution in [1.29, 1.82) is 0 Å². The molecule has 0 spiro atoms. The van der Waals surface area contributed by atoms with Crippen LogP contribution in [-0.2, 0) is 13.0 Å². The Balaban J connectivity index is 2.20. The third-order valence-electron chi connectivity index (χ3n) is 3.93. The van der Waals surface area contributed by atoms with Crippen molar-refractivity contribution >= 4 is 16.9 Å². The van der Waals surface area contributed by atoms with Gasteiger partial charge in [-0.05, 0) is 25.1 Å². The lowest BCUT2D eigenvalue weighted by Gasteiger charge is -2.29. The molecule has 0 atom stereocenters. The number of rotatable bonds is 3. The quantitative estimate of drug-likeness (QED) is 0.943. The summed E-state index contributed by atoms with van der Waals surface area (Å²) in [6, 6.07) is 4.11. The highest BCUT2D eigenvalue weighted by Gasteiger charge is 2.25. The third-order valence-corrected chi connectivity index (χ3v) is 3.93. The summed E-state index contributed by atoms with van der Waals surface area (Å²) in [7, 11) is 0. The van der Waals surface area contributed by atoms with Gasteiger partial charge in [-0.3, -0.25) is 9.88 Å². The van der Waals surface area contributed by atoms with E-state index in [2.05, 4.69) is 16.8 Å². The molecule has 0 amide bonds. The van der Waals surface area contributed by atoms with E-state index in [-0.39, 0.29) is 5.56 Å². The fourth-order valence-electron chi connectivity index (χ4n) is 3.02. The number of aromatic nitrogens is 1. The first-order valence-corrected chi connectivity index (χ1v) is 7.16. The van der Waals surface area contributed by atoms with Gasteiger partial charge in [0.15, 0.2) is 0 Å². The second-order valence-electron chi connectivity index (χ2n) is 5.40. The molecular weight excluding hydrogens is 271 g/mol. The Hall–Kier alpha value is -2.01. The number of halogens is 1. The van der Waals surface area contributed by atoms with Crippen molar-refractivity contribution in [3.05, 3.63) is 40.8 Å². The second kappa shape index (κ2) is 5.41. The van der Waals surface area contributed by atoms with Gasteiger partial charge in [0, 0.05) is 42.2 Å². The van der Waals surface area contributed by atoms with Crippen LogP contribution in [0.5, 0.6) is 0 Å². The SMILES string of the molecule is CCCN1CCc2nc3cc(F)ccc3c(C(=O)O)c2C1. The molecule has 0 fully saturated rings. The van der Waals surface area contributed by atoms with Crippen molar-refractivity contribution in [2.24, 2.45) is 0 Å². The number of benzene rings is 1. The predicted molar refractivity (Wildman–Crippen MR) is 77.9 cm³/mol. The van der Waals surface area contributed by atoms with Crippen LogP contribution < -0.4 is 0 Å². The van der Waals surface area contributed by atoms with E-state index in [4.69, 9.17) is 0 Å². The first kappa shape index (κ1) is 13.9. The summed E-state index contributed by atoms with van der Waals surface area (Å²) in [5.74, 6) is -1.36. The molecule has 1 N–H and O–H groups in total.